The number of hydrogen-bond acceptors (Lipinski definition) is 3. The Hall–Kier alpha value is -2.00. The van der Waals surface area contributed by atoms with Crippen molar-refractivity contribution in [3.63, 3.8) is 0 Å². The Morgan fingerprint density at radius 2 is 1.67 bits per heavy atom. The van der Waals surface area contributed by atoms with E-state index >= 15 is 0 Å². The molecule has 0 spiro atoms. The van der Waals surface area contributed by atoms with Crippen molar-refractivity contribution < 1.29 is 9.47 Å². The van der Waals surface area contributed by atoms with Gasteiger partial charge in [-0.15, -0.1) is 0 Å². The molecule has 0 aliphatic heterocycles. The summed E-state index contributed by atoms with van der Waals surface area (Å²) in [5.41, 5.74) is 2.52. The van der Waals surface area contributed by atoms with Gasteiger partial charge >= 0.3 is 0 Å². The highest BCUT2D eigenvalue weighted by atomic mass is 16.5. The number of likely N-dealkylation sites (N-methyl/N-ethyl adjacent to an activating group) is 1. The molecule has 21 heavy (non-hydrogen) atoms. The maximum atomic E-state index is 5.78. The van der Waals surface area contributed by atoms with Crippen molar-refractivity contribution in [3.05, 3.63) is 59.7 Å². The number of benzene rings is 2. The SMILES string of the molecule is CCNCCc1ccc(COc2cccc(OC)c2)cc1. The van der Waals surface area contributed by atoms with Gasteiger partial charge in [0.2, 0.25) is 0 Å². The minimum Gasteiger partial charge on any atom is -0.497 e. The molecule has 0 radical (unpaired) electrons. The molecule has 3 heteroatoms. The Morgan fingerprint density at radius 3 is 2.38 bits per heavy atom. The van der Waals surface area contributed by atoms with Gasteiger partial charge in [0.1, 0.15) is 18.1 Å². The maximum absolute atomic E-state index is 5.78. The minimum atomic E-state index is 0.570. The Labute approximate surface area is 126 Å². The van der Waals surface area contributed by atoms with Gasteiger partial charge in [0.05, 0.1) is 7.11 Å². The molecule has 0 saturated heterocycles. The van der Waals surface area contributed by atoms with Crippen molar-refractivity contribution in [2.24, 2.45) is 0 Å². The largest absolute Gasteiger partial charge is 0.497 e. The lowest BCUT2D eigenvalue weighted by Gasteiger charge is -2.08. The molecule has 0 fully saturated rings. The highest BCUT2D eigenvalue weighted by molar-refractivity contribution is 5.33. The average molecular weight is 285 g/mol. The van der Waals surface area contributed by atoms with Gasteiger partial charge in [0.25, 0.3) is 0 Å². The van der Waals surface area contributed by atoms with E-state index in [4.69, 9.17) is 9.47 Å². The van der Waals surface area contributed by atoms with Crippen LogP contribution in [-0.4, -0.2) is 20.2 Å². The van der Waals surface area contributed by atoms with E-state index in [1.165, 1.54) is 11.1 Å². The zero-order valence-electron chi connectivity index (χ0n) is 12.8. The summed E-state index contributed by atoms with van der Waals surface area (Å²) in [5.74, 6) is 1.64. The maximum Gasteiger partial charge on any atom is 0.123 e. The Kier molecular flexibility index (Phi) is 6.10. The second-order valence-electron chi connectivity index (χ2n) is 4.89. The molecule has 2 aromatic carbocycles. The van der Waals surface area contributed by atoms with E-state index in [1.807, 2.05) is 24.3 Å². The highest BCUT2D eigenvalue weighted by Crippen LogP contribution is 2.20. The zero-order chi connectivity index (χ0) is 14.9. The first-order chi connectivity index (χ1) is 10.3. The van der Waals surface area contributed by atoms with Crippen molar-refractivity contribution in [3.8, 4) is 11.5 Å². The number of nitrogens with one attached hydrogen (secondary N) is 1. The van der Waals surface area contributed by atoms with Crippen LogP contribution in [0.1, 0.15) is 18.1 Å². The summed E-state index contributed by atoms with van der Waals surface area (Å²) in [6, 6.07) is 16.3. The van der Waals surface area contributed by atoms with Gasteiger partial charge in [0.15, 0.2) is 0 Å². The summed E-state index contributed by atoms with van der Waals surface area (Å²) in [5, 5.41) is 3.33. The van der Waals surface area contributed by atoms with E-state index in [1.54, 1.807) is 7.11 Å². The molecular weight excluding hydrogens is 262 g/mol. The third kappa shape index (κ3) is 5.12. The van der Waals surface area contributed by atoms with Crippen LogP contribution in [0.15, 0.2) is 48.5 Å². The van der Waals surface area contributed by atoms with Gasteiger partial charge in [-0.1, -0.05) is 37.3 Å². The van der Waals surface area contributed by atoms with Crippen LogP contribution < -0.4 is 14.8 Å². The lowest BCUT2D eigenvalue weighted by atomic mass is 10.1. The molecule has 0 heterocycles. The first-order valence-corrected chi connectivity index (χ1v) is 7.37. The van der Waals surface area contributed by atoms with Crippen LogP contribution in [0.2, 0.25) is 0 Å². The van der Waals surface area contributed by atoms with Crippen molar-refractivity contribution in [2.75, 3.05) is 20.2 Å². The fourth-order valence-corrected chi connectivity index (χ4v) is 2.07. The number of hydrogen-bond donors (Lipinski definition) is 1. The zero-order valence-corrected chi connectivity index (χ0v) is 12.8. The molecule has 3 nitrogen and oxygen atoms in total. The van der Waals surface area contributed by atoms with Gasteiger partial charge in [-0.25, -0.2) is 0 Å². The third-order valence-corrected chi connectivity index (χ3v) is 3.31. The van der Waals surface area contributed by atoms with Gasteiger partial charge in [-0.3, -0.25) is 0 Å². The first kappa shape index (κ1) is 15.4. The number of methoxy groups -OCH3 is 1. The molecule has 0 amide bonds. The summed E-state index contributed by atoms with van der Waals surface area (Å²) in [7, 11) is 1.66. The van der Waals surface area contributed by atoms with Crippen molar-refractivity contribution in [2.45, 2.75) is 20.0 Å². The molecule has 2 rings (SSSR count). The van der Waals surface area contributed by atoms with E-state index in [0.717, 1.165) is 31.0 Å². The lowest BCUT2D eigenvalue weighted by Crippen LogP contribution is -2.15. The minimum absolute atomic E-state index is 0.570. The van der Waals surface area contributed by atoms with E-state index in [0.29, 0.717) is 6.61 Å². The highest BCUT2D eigenvalue weighted by Gasteiger charge is 1.99. The van der Waals surface area contributed by atoms with Crippen LogP contribution in [0.5, 0.6) is 11.5 Å². The molecule has 0 bridgehead atoms. The molecule has 0 aromatic heterocycles. The standard InChI is InChI=1S/C18H23NO2/c1-3-19-12-11-15-7-9-16(10-8-15)14-21-18-6-4-5-17(13-18)20-2/h4-10,13,19H,3,11-12,14H2,1-2H3. The second-order valence-corrected chi connectivity index (χ2v) is 4.89. The van der Waals surface area contributed by atoms with Crippen LogP contribution >= 0.6 is 0 Å². The predicted molar refractivity (Wildman–Crippen MR) is 86.0 cm³/mol. The first-order valence-electron chi connectivity index (χ1n) is 7.37. The van der Waals surface area contributed by atoms with Crippen molar-refractivity contribution >= 4 is 0 Å². The molecule has 112 valence electrons. The monoisotopic (exact) mass is 285 g/mol. The normalized spacial score (nSPS) is 10.4. The van der Waals surface area contributed by atoms with E-state index < -0.39 is 0 Å². The third-order valence-electron chi connectivity index (χ3n) is 3.31. The lowest BCUT2D eigenvalue weighted by molar-refractivity contribution is 0.303. The molecule has 0 aliphatic carbocycles. The summed E-state index contributed by atoms with van der Waals surface area (Å²) in [4.78, 5) is 0. The van der Waals surface area contributed by atoms with Gasteiger partial charge < -0.3 is 14.8 Å². The predicted octanol–water partition coefficient (Wildman–Crippen LogP) is 3.43. The van der Waals surface area contributed by atoms with E-state index in [-0.39, 0.29) is 0 Å². The van der Waals surface area contributed by atoms with Crippen molar-refractivity contribution in [1.82, 2.24) is 5.32 Å². The summed E-state index contributed by atoms with van der Waals surface area (Å²) in [6.07, 6.45) is 1.06. The average Bonchev–Trinajstić information content (AvgIpc) is 2.54. The summed E-state index contributed by atoms with van der Waals surface area (Å²) in [6.45, 7) is 4.74. The van der Waals surface area contributed by atoms with Crippen LogP contribution in [0.3, 0.4) is 0 Å². The van der Waals surface area contributed by atoms with Gasteiger partial charge in [-0.05, 0) is 42.8 Å². The molecule has 2 aromatic rings. The molecule has 0 unspecified atom stereocenters. The fourth-order valence-electron chi connectivity index (χ4n) is 2.07. The number of ether oxygens (including phenoxy) is 2. The van der Waals surface area contributed by atoms with E-state index in [2.05, 4.69) is 36.5 Å². The van der Waals surface area contributed by atoms with E-state index in [9.17, 15) is 0 Å². The quantitative estimate of drug-likeness (QED) is 0.754. The van der Waals surface area contributed by atoms with Crippen LogP contribution in [0.25, 0.3) is 0 Å². The van der Waals surface area contributed by atoms with Crippen molar-refractivity contribution in [1.29, 1.82) is 0 Å². The fraction of sp³-hybridized carbons (Fsp3) is 0.333. The smallest absolute Gasteiger partial charge is 0.123 e. The summed E-state index contributed by atoms with van der Waals surface area (Å²) < 4.78 is 11.0. The van der Waals surface area contributed by atoms with Crippen LogP contribution in [0.4, 0.5) is 0 Å². The topological polar surface area (TPSA) is 30.5 Å². The Bertz CT molecular complexity index is 537. The molecule has 0 saturated carbocycles. The van der Waals surface area contributed by atoms with Gasteiger partial charge in [0, 0.05) is 6.07 Å². The molecule has 1 N–H and O–H groups in total. The second kappa shape index (κ2) is 8.32. The Balaban J connectivity index is 1.85. The number of rotatable bonds is 8. The molecule has 0 atom stereocenters. The molecular formula is C18H23NO2. The van der Waals surface area contributed by atoms with Gasteiger partial charge in [-0.2, -0.15) is 0 Å². The van der Waals surface area contributed by atoms with Crippen LogP contribution in [-0.2, 0) is 13.0 Å². The summed E-state index contributed by atoms with van der Waals surface area (Å²) >= 11 is 0. The van der Waals surface area contributed by atoms with Crippen LogP contribution in [0, 0.1) is 0 Å². The Morgan fingerprint density at radius 1 is 0.952 bits per heavy atom. The molecule has 0 aliphatic rings.